The minimum absolute atomic E-state index is 0.0272. The molecule has 0 aliphatic rings. The lowest BCUT2D eigenvalue weighted by atomic mass is 10.2. The number of nitrogens with one attached hydrogen (secondary N) is 1. The first-order valence-electron chi connectivity index (χ1n) is 6.03. The molecule has 0 saturated carbocycles. The monoisotopic (exact) mass is 358 g/mol. The highest BCUT2D eigenvalue weighted by molar-refractivity contribution is 9.10. The molecule has 21 heavy (non-hydrogen) atoms. The Balaban J connectivity index is 2.35. The van der Waals surface area contributed by atoms with E-state index in [1.165, 1.54) is 12.1 Å². The fourth-order valence-electron chi connectivity index (χ4n) is 1.76. The van der Waals surface area contributed by atoms with Crippen molar-refractivity contribution < 1.29 is 18.3 Å². The maximum Gasteiger partial charge on any atom is 0.387 e. The number of nitrogens with zero attached hydrogens (tertiary/aromatic N) is 1. The number of carbonyl (C=O) groups excluding carboxylic acids is 1. The van der Waals surface area contributed by atoms with Crippen LogP contribution in [0.15, 0.2) is 34.9 Å². The Hall–Kier alpha value is -1.89. The molecule has 0 unspecified atom stereocenters. The van der Waals surface area contributed by atoms with Crippen LogP contribution in [-0.2, 0) is 0 Å². The molecule has 0 saturated heterocycles. The molecule has 1 aromatic carbocycles. The maximum absolute atomic E-state index is 12.3. The number of H-pyrrole nitrogens is 1. The molecular weight excluding hydrogens is 346 g/mol. The minimum Gasteiger partial charge on any atom is -0.434 e. The van der Waals surface area contributed by atoms with Crippen molar-refractivity contribution in [3.63, 3.8) is 0 Å². The van der Waals surface area contributed by atoms with Crippen molar-refractivity contribution in [2.45, 2.75) is 6.61 Å². The molecule has 0 aliphatic heterocycles. The molecule has 2 rings (SSSR count). The predicted molar refractivity (Wildman–Crippen MR) is 79.8 cm³/mol. The smallest absolute Gasteiger partial charge is 0.387 e. The number of aromatic amines is 1. The number of ketones is 1. The topological polar surface area (TPSA) is 45.3 Å². The van der Waals surface area contributed by atoms with Gasteiger partial charge in [-0.2, -0.15) is 8.78 Å². The van der Waals surface area contributed by atoms with E-state index in [2.05, 4.69) is 25.7 Å². The van der Waals surface area contributed by atoms with Crippen molar-refractivity contribution in [3.05, 3.63) is 40.6 Å². The first kappa shape index (κ1) is 15.5. The van der Waals surface area contributed by atoms with Gasteiger partial charge in [0.2, 0.25) is 5.78 Å². The molecule has 1 aromatic heterocycles. The molecule has 0 aliphatic carbocycles. The molecule has 4 nitrogen and oxygen atoms in total. The van der Waals surface area contributed by atoms with Gasteiger partial charge in [0, 0.05) is 37.3 Å². The van der Waals surface area contributed by atoms with Crippen LogP contribution in [0.25, 0.3) is 10.9 Å². The second-order valence-electron chi connectivity index (χ2n) is 4.57. The Morgan fingerprint density at radius 3 is 2.71 bits per heavy atom. The summed E-state index contributed by atoms with van der Waals surface area (Å²) in [4.78, 5) is 16.6. The van der Waals surface area contributed by atoms with E-state index in [4.69, 9.17) is 0 Å². The van der Waals surface area contributed by atoms with Gasteiger partial charge in [0.25, 0.3) is 0 Å². The van der Waals surface area contributed by atoms with Gasteiger partial charge in [-0.1, -0.05) is 0 Å². The number of fused-ring (bicyclic) bond motifs is 1. The third-order valence-corrected chi connectivity index (χ3v) is 3.30. The number of halogens is 3. The molecule has 1 N–H and O–H groups in total. The summed E-state index contributed by atoms with van der Waals surface area (Å²) in [5, 5.41) is 0.621. The Kier molecular flexibility index (Phi) is 4.62. The van der Waals surface area contributed by atoms with E-state index < -0.39 is 6.61 Å². The number of allylic oxidation sites excluding steroid dienone is 1. The van der Waals surface area contributed by atoms with Gasteiger partial charge in [-0.15, -0.1) is 0 Å². The van der Waals surface area contributed by atoms with E-state index in [0.717, 1.165) is 0 Å². The van der Waals surface area contributed by atoms with Crippen molar-refractivity contribution in [3.8, 4) is 5.75 Å². The van der Waals surface area contributed by atoms with E-state index in [1.807, 2.05) is 0 Å². The number of hydrogen-bond donors (Lipinski definition) is 1. The molecular formula is C14H13BrF2N2O2. The van der Waals surface area contributed by atoms with E-state index in [1.54, 1.807) is 37.3 Å². The number of alkyl halides is 2. The van der Waals surface area contributed by atoms with Crippen molar-refractivity contribution in [1.29, 1.82) is 0 Å². The van der Waals surface area contributed by atoms with Crippen LogP contribution in [-0.4, -0.2) is 36.4 Å². The van der Waals surface area contributed by atoms with Gasteiger partial charge in [0.15, 0.2) is 0 Å². The highest BCUT2D eigenvalue weighted by Crippen LogP contribution is 2.31. The van der Waals surface area contributed by atoms with Crippen LogP contribution in [0.5, 0.6) is 5.75 Å². The van der Waals surface area contributed by atoms with Crippen LogP contribution in [0.1, 0.15) is 10.5 Å². The normalized spacial score (nSPS) is 11.5. The molecule has 1 heterocycles. The number of hydrogen-bond acceptors (Lipinski definition) is 3. The minimum atomic E-state index is -2.90. The number of rotatable bonds is 5. The molecule has 0 spiro atoms. The number of carbonyl (C=O) groups is 1. The summed E-state index contributed by atoms with van der Waals surface area (Å²) in [6.07, 6.45) is 3.06. The molecule has 0 fully saturated rings. The van der Waals surface area contributed by atoms with E-state index in [0.29, 0.717) is 21.1 Å². The lowest BCUT2D eigenvalue weighted by Crippen LogP contribution is -2.03. The van der Waals surface area contributed by atoms with Gasteiger partial charge in [-0.25, -0.2) is 0 Å². The molecule has 2 aromatic rings. The molecule has 0 radical (unpaired) electrons. The van der Waals surface area contributed by atoms with Crippen LogP contribution in [0.2, 0.25) is 0 Å². The summed E-state index contributed by atoms with van der Waals surface area (Å²) in [6.45, 7) is -2.90. The molecule has 0 amide bonds. The standard InChI is InChI=1S/C14H13BrF2N2O2/c1-19(2)4-3-12(20)11-5-8-6-13(21-14(16)17)9(15)7-10(8)18-11/h3-7,14,18H,1-2H3/b4-3+. The zero-order chi connectivity index (χ0) is 15.6. The lowest BCUT2D eigenvalue weighted by molar-refractivity contribution is -0.0502. The highest BCUT2D eigenvalue weighted by Gasteiger charge is 2.13. The summed E-state index contributed by atoms with van der Waals surface area (Å²) in [6, 6.07) is 4.65. The number of benzene rings is 1. The third kappa shape index (κ3) is 3.81. The van der Waals surface area contributed by atoms with E-state index >= 15 is 0 Å². The summed E-state index contributed by atoms with van der Waals surface area (Å²) < 4.78 is 29.4. The van der Waals surface area contributed by atoms with Crippen molar-refractivity contribution in [2.24, 2.45) is 0 Å². The number of aromatic nitrogens is 1. The SMILES string of the molecule is CN(C)/C=C/C(=O)c1cc2cc(OC(F)F)c(Br)cc2[nH]1. The fourth-order valence-corrected chi connectivity index (χ4v) is 2.20. The first-order valence-corrected chi connectivity index (χ1v) is 6.82. The van der Waals surface area contributed by atoms with Gasteiger partial charge in [0.1, 0.15) is 5.75 Å². The molecule has 112 valence electrons. The Morgan fingerprint density at radius 1 is 1.38 bits per heavy atom. The molecule has 0 atom stereocenters. The summed E-state index contributed by atoms with van der Waals surface area (Å²) in [7, 11) is 3.61. The fraction of sp³-hybridized carbons (Fsp3) is 0.214. The zero-order valence-corrected chi connectivity index (χ0v) is 12.9. The second-order valence-corrected chi connectivity index (χ2v) is 5.43. The second kappa shape index (κ2) is 6.26. The average Bonchev–Trinajstić information content (AvgIpc) is 2.78. The molecule has 7 heteroatoms. The lowest BCUT2D eigenvalue weighted by Gasteiger charge is -2.06. The Bertz CT molecular complexity index is 696. The van der Waals surface area contributed by atoms with Crippen LogP contribution in [0, 0.1) is 0 Å². The van der Waals surface area contributed by atoms with Crippen LogP contribution in [0.3, 0.4) is 0 Å². The van der Waals surface area contributed by atoms with Gasteiger partial charge >= 0.3 is 6.61 Å². The van der Waals surface area contributed by atoms with Gasteiger partial charge in [0.05, 0.1) is 10.2 Å². The molecule has 0 bridgehead atoms. The van der Waals surface area contributed by atoms with Gasteiger partial charge in [-0.05, 0) is 34.1 Å². The maximum atomic E-state index is 12.3. The van der Waals surface area contributed by atoms with Crippen LogP contribution < -0.4 is 4.74 Å². The van der Waals surface area contributed by atoms with Crippen LogP contribution in [0.4, 0.5) is 8.78 Å². The van der Waals surface area contributed by atoms with Gasteiger partial charge in [-0.3, -0.25) is 4.79 Å². The first-order chi connectivity index (χ1) is 9.86. The quantitative estimate of drug-likeness (QED) is 0.653. The number of ether oxygens (including phenoxy) is 1. The van der Waals surface area contributed by atoms with Crippen molar-refractivity contribution >= 4 is 32.6 Å². The summed E-state index contributed by atoms with van der Waals surface area (Å²) >= 11 is 3.16. The zero-order valence-electron chi connectivity index (χ0n) is 11.4. The summed E-state index contributed by atoms with van der Waals surface area (Å²) in [5.41, 5.74) is 1.04. The Labute approximate surface area is 128 Å². The highest BCUT2D eigenvalue weighted by atomic mass is 79.9. The Morgan fingerprint density at radius 2 is 2.10 bits per heavy atom. The summed E-state index contributed by atoms with van der Waals surface area (Å²) in [5.74, 6) is -0.174. The van der Waals surface area contributed by atoms with Crippen LogP contribution >= 0.6 is 15.9 Å². The van der Waals surface area contributed by atoms with E-state index in [-0.39, 0.29) is 11.5 Å². The largest absolute Gasteiger partial charge is 0.434 e. The third-order valence-electron chi connectivity index (χ3n) is 2.68. The van der Waals surface area contributed by atoms with Crippen molar-refractivity contribution in [1.82, 2.24) is 9.88 Å². The predicted octanol–water partition coefficient (Wildman–Crippen LogP) is 3.79. The van der Waals surface area contributed by atoms with E-state index in [9.17, 15) is 13.6 Å². The van der Waals surface area contributed by atoms with Crippen molar-refractivity contribution in [2.75, 3.05) is 14.1 Å². The van der Waals surface area contributed by atoms with Gasteiger partial charge < -0.3 is 14.6 Å². The average molecular weight is 359 g/mol.